The van der Waals surface area contributed by atoms with Crippen LogP contribution in [-0.2, 0) is 0 Å². The molecule has 1 saturated carbocycles. The molecule has 1 atom stereocenters. The van der Waals surface area contributed by atoms with E-state index in [0.29, 0.717) is 23.4 Å². The molecule has 0 unspecified atom stereocenters. The fraction of sp³-hybridized carbons (Fsp3) is 0.421. The van der Waals surface area contributed by atoms with E-state index in [-0.39, 0.29) is 17.5 Å². The molecule has 1 aromatic carbocycles. The molecule has 2 fully saturated rings. The molecule has 5 rings (SSSR count). The summed E-state index contributed by atoms with van der Waals surface area (Å²) in [5, 5.41) is 17.7. The molecule has 2 aromatic heterocycles. The van der Waals surface area contributed by atoms with E-state index >= 15 is 0 Å². The highest BCUT2D eigenvalue weighted by molar-refractivity contribution is 5.93. The lowest BCUT2D eigenvalue weighted by molar-refractivity contribution is 0.191. The summed E-state index contributed by atoms with van der Waals surface area (Å²) in [6.07, 6.45) is 3.74. The van der Waals surface area contributed by atoms with Crippen molar-refractivity contribution in [3.8, 4) is 17.1 Å². The lowest BCUT2D eigenvalue weighted by Gasteiger charge is -2.16. The van der Waals surface area contributed by atoms with Gasteiger partial charge in [0.25, 0.3) is 0 Å². The standard InChI is InChI=1S/C19H20FN5O2/c1-19(3-4-19)27-16-6-12-14(7-13(16)20)23-24-18(12)15-8-17(22-10-21-15)25-5-2-11(26)9-25/h6-8,10-11,26H,2-5,9H2,1H3,(H,23,24)/t11-/m1/s1. The number of β-amino-alcohol motifs (C(OH)–C–C–N with tert-alkyl or cyclic N) is 1. The number of aliphatic hydroxyl groups excluding tert-OH is 1. The molecule has 8 heteroatoms. The van der Waals surface area contributed by atoms with Gasteiger partial charge in [-0.15, -0.1) is 0 Å². The molecule has 2 aliphatic rings. The number of anilines is 1. The second-order valence-electron chi connectivity index (χ2n) is 7.60. The molecular formula is C19H20FN5O2. The van der Waals surface area contributed by atoms with Gasteiger partial charge in [-0.25, -0.2) is 14.4 Å². The minimum Gasteiger partial charge on any atom is -0.484 e. The average Bonchev–Trinajstić information content (AvgIpc) is 3.04. The molecule has 1 aliphatic carbocycles. The smallest absolute Gasteiger partial charge is 0.167 e. The first-order valence-corrected chi connectivity index (χ1v) is 9.13. The summed E-state index contributed by atoms with van der Waals surface area (Å²) in [5.41, 5.74) is 1.59. The number of aromatic amines is 1. The number of halogens is 1. The Hall–Kier alpha value is -2.74. The van der Waals surface area contributed by atoms with Crippen molar-refractivity contribution in [2.75, 3.05) is 18.0 Å². The van der Waals surface area contributed by atoms with Crippen molar-refractivity contribution in [2.45, 2.75) is 37.9 Å². The van der Waals surface area contributed by atoms with E-state index < -0.39 is 5.82 Å². The lowest BCUT2D eigenvalue weighted by Crippen LogP contribution is -2.22. The third-order valence-electron chi connectivity index (χ3n) is 5.31. The van der Waals surface area contributed by atoms with E-state index in [1.807, 2.05) is 17.9 Å². The van der Waals surface area contributed by atoms with Gasteiger partial charge in [0.1, 0.15) is 23.4 Å². The van der Waals surface area contributed by atoms with Crippen molar-refractivity contribution in [2.24, 2.45) is 0 Å². The maximum atomic E-state index is 14.4. The molecule has 0 amide bonds. The number of nitrogens with one attached hydrogen (secondary N) is 1. The van der Waals surface area contributed by atoms with Crippen molar-refractivity contribution >= 4 is 16.7 Å². The van der Waals surface area contributed by atoms with Gasteiger partial charge in [0.05, 0.1) is 17.3 Å². The second-order valence-corrected chi connectivity index (χ2v) is 7.60. The molecule has 0 radical (unpaired) electrons. The van der Waals surface area contributed by atoms with Crippen LogP contribution < -0.4 is 9.64 Å². The van der Waals surface area contributed by atoms with Crippen molar-refractivity contribution in [3.63, 3.8) is 0 Å². The molecule has 3 heterocycles. The van der Waals surface area contributed by atoms with Gasteiger partial charge in [-0.1, -0.05) is 0 Å². The monoisotopic (exact) mass is 369 g/mol. The SMILES string of the molecule is CC1(Oc2cc3c(-c4cc(N5CC[C@@H](O)C5)ncn4)n[nH]c3cc2F)CC1. The normalized spacial score (nSPS) is 21.0. The number of hydrogen-bond donors (Lipinski definition) is 2. The fourth-order valence-electron chi connectivity index (χ4n) is 3.43. The highest BCUT2D eigenvalue weighted by Gasteiger charge is 2.40. The zero-order chi connectivity index (χ0) is 18.6. The zero-order valence-corrected chi connectivity index (χ0v) is 14.9. The fourth-order valence-corrected chi connectivity index (χ4v) is 3.43. The Morgan fingerprint density at radius 2 is 2.15 bits per heavy atom. The van der Waals surface area contributed by atoms with Crippen LogP contribution in [0.1, 0.15) is 26.2 Å². The molecule has 1 saturated heterocycles. The van der Waals surface area contributed by atoms with Crippen molar-refractivity contribution in [1.82, 2.24) is 20.2 Å². The van der Waals surface area contributed by atoms with Crippen molar-refractivity contribution in [1.29, 1.82) is 0 Å². The van der Waals surface area contributed by atoms with Gasteiger partial charge in [0.15, 0.2) is 11.6 Å². The van der Waals surface area contributed by atoms with Crippen LogP contribution in [0.5, 0.6) is 5.75 Å². The Labute approximate surface area is 155 Å². The molecule has 140 valence electrons. The Morgan fingerprint density at radius 1 is 1.30 bits per heavy atom. The number of nitrogens with zero attached hydrogens (tertiary/aromatic N) is 4. The molecule has 7 nitrogen and oxygen atoms in total. The summed E-state index contributed by atoms with van der Waals surface area (Å²) in [7, 11) is 0. The van der Waals surface area contributed by atoms with E-state index in [4.69, 9.17) is 4.74 Å². The Bertz CT molecular complexity index is 1020. The second kappa shape index (κ2) is 5.88. The topological polar surface area (TPSA) is 87.2 Å². The van der Waals surface area contributed by atoms with Gasteiger partial charge in [-0.3, -0.25) is 5.10 Å². The molecule has 3 aromatic rings. The minimum atomic E-state index is -0.403. The molecule has 27 heavy (non-hydrogen) atoms. The molecule has 1 aliphatic heterocycles. The Morgan fingerprint density at radius 3 is 2.89 bits per heavy atom. The summed E-state index contributed by atoms with van der Waals surface area (Å²) in [6.45, 7) is 3.29. The summed E-state index contributed by atoms with van der Waals surface area (Å²) in [4.78, 5) is 10.7. The Kier molecular flexibility index (Phi) is 3.58. The Balaban J connectivity index is 1.54. The number of benzene rings is 1. The van der Waals surface area contributed by atoms with Crippen LogP contribution in [0.4, 0.5) is 10.2 Å². The van der Waals surface area contributed by atoms with E-state index in [9.17, 15) is 9.50 Å². The molecular weight excluding hydrogens is 349 g/mol. The van der Waals surface area contributed by atoms with Crippen LogP contribution >= 0.6 is 0 Å². The van der Waals surface area contributed by atoms with Gasteiger partial charge in [-0.2, -0.15) is 5.10 Å². The third kappa shape index (κ3) is 2.99. The van der Waals surface area contributed by atoms with Gasteiger partial charge < -0.3 is 14.7 Å². The lowest BCUT2D eigenvalue weighted by atomic mass is 10.1. The maximum Gasteiger partial charge on any atom is 0.167 e. The number of aromatic nitrogens is 4. The average molecular weight is 369 g/mol. The zero-order valence-electron chi connectivity index (χ0n) is 14.9. The van der Waals surface area contributed by atoms with E-state index in [2.05, 4.69) is 20.2 Å². The van der Waals surface area contributed by atoms with Crippen LogP contribution in [0.2, 0.25) is 0 Å². The van der Waals surface area contributed by atoms with Gasteiger partial charge in [-0.05, 0) is 32.3 Å². The van der Waals surface area contributed by atoms with Crippen molar-refractivity contribution < 1.29 is 14.2 Å². The summed E-state index contributed by atoms with van der Waals surface area (Å²) in [5.74, 6) is 0.583. The first-order chi connectivity index (χ1) is 13.0. The van der Waals surface area contributed by atoms with E-state index in [1.165, 1.54) is 12.4 Å². The van der Waals surface area contributed by atoms with Crippen LogP contribution in [0.15, 0.2) is 24.5 Å². The van der Waals surface area contributed by atoms with Gasteiger partial charge in [0.2, 0.25) is 0 Å². The largest absolute Gasteiger partial charge is 0.484 e. The van der Waals surface area contributed by atoms with Gasteiger partial charge >= 0.3 is 0 Å². The van der Waals surface area contributed by atoms with Gasteiger partial charge in [0, 0.05) is 30.6 Å². The highest BCUT2D eigenvalue weighted by atomic mass is 19.1. The quantitative estimate of drug-likeness (QED) is 0.735. The first kappa shape index (κ1) is 16.4. The van der Waals surface area contributed by atoms with Crippen LogP contribution in [0.3, 0.4) is 0 Å². The van der Waals surface area contributed by atoms with Crippen LogP contribution in [0, 0.1) is 5.82 Å². The summed E-state index contributed by atoms with van der Waals surface area (Å²) in [6, 6.07) is 4.94. The summed E-state index contributed by atoms with van der Waals surface area (Å²) < 4.78 is 20.2. The van der Waals surface area contributed by atoms with E-state index in [1.54, 1.807) is 6.07 Å². The maximum absolute atomic E-state index is 14.4. The first-order valence-electron chi connectivity index (χ1n) is 9.13. The van der Waals surface area contributed by atoms with Crippen molar-refractivity contribution in [3.05, 3.63) is 30.3 Å². The van der Waals surface area contributed by atoms with E-state index in [0.717, 1.165) is 37.0 Å². The minimum absolute atomic E-state index is 0.238. The number of hydrogen-bond acceptors (Lipinski definition) is 6. The number of H-pyrrole nitrogens is 1. The number of fused-ring (bicyclic) bond motifs is 1. The van der Waals surface area contributed by atoms with Crippen LogP contribution in [0.25, 0.3) is 22.3 Å². The van der Waals surface area contributed by atoms with Crippen LogP contribution in [-0.4, -0.2) is 50.1 Å². The predicted octanol–water partition coefficient (Wildman–Crippen LogP) is 2.66. The predicted molar refractivity (Wildman–Crippen MR) is 98.2 cm³/mol. The number of ether oxygens (including phenoxy) is 1. The molecule has 0 bridgehead atoms. The highest BCUT2D eigenvalue weighted by Crippen LogP contribution is 2.41. The third-order valence-corrected chi connectivity index (χ3v) is 5.31. The number of aliphatic hydroxyl groups is 1. The summed E-state index contributed by atoms with van der Waals surface area (Å²) >= 11 is 0. The number of rotatable bonds is 4. The molecule has 2 N–H and O–H groups in total. The molecule has 0 spiro atoms.